The minimum absolute atomic E-state index is 0. The van der Waals surface area contributed by atoms with Gasteiger partial charge in [-0.1, -0.05) is 43.2 Å². The SMILES string of the molecule is Cl.NC1=NC(CCCc2ccccc2)CCCCC1. The van der Waals surface area contributed by atoms with Crippen molar-refractivity contribution in [1.82, 2.24) is 0 Å². The molecule has 0 saturated carbocycles. The summed E-state index contributed by atoms with van der Waals surface area (Å²) in [5.41, 5.74) is 7.36. The van der Waals surface area contributed by atoms with Crippen molar-refractivity contribution in [3.63, 3.8) is 0 Å². The van der Waals surface area contributed by atoms with Gasteiger partial charge in [-0.05, 0) is 37.7 Å². The Bertz CT molecular complexity index is 376. The van der Waals surface area contributed by atoms with Crippen LogP contribution in [0.2, 0.25) is 0 Å². The lowest BCUT2D eigenvalue weighted by atomic mass is 9.99. The number of benzene rings is 1. The van der Waals surface area contributed by atoms with Crippen molar-refractivity contribution in [1.29, 1.82) is 0 Å². The molecule has 1 heterocycles. The molecule has 0 radical (unpaired) electrons. The molecule has 106 valence electrons. The third-order valence-corrected chi connectivity index (χ3v) is 3.66. The Morgan fingerprint density at radius 3 is 2.68 bits per heavy atom. The van der Waals surface area contributed by atoms with Crippen LogP contribution in [0.1, 0.15) is 50.5 Å². The molecule has 2 N–H and O–H groups in total. The molecular weight excluding hydrogens is 256 g/mol. The van der Waals surface area contributed by atoms with E-state index < -0.39 is 0 Å². The molecule has 1 aliphatic heterocycles. The summed E-state index contributed by atoms with van der Waals surface area (Å²) in [6, 6.07) is 11.2. The van der Waals surface area contributed by atoms with Gasteiger partial charge in [0.25, 0.3) is 0 Å². The smallest absolute Gasteiger partial charge is 0.0940 e. The van der Waals surface area contributed by atoms with Gasteiger partial charge in [0.2, 0.25) is 0 Å². The molecule has 0 spiro atoms. The summed E-state index contributed by atoms with van der Waals surface area (Å²) in [4.78, 5) is 4.66. The maximum Gasteiger partial charge on any atom is 0.0940 e. The Balaban J connectivity index is 0.00000180. The fraction of sp³-hybridized carbons (Fsp3) is 0.562. The normalized spacial score (nSPS) is 19.8. The summed E-state index contributed by atoms with van der Waals surface area (Å²) in [7, 11) is 0. The number of aliphatic imine (C=N–C) groups is 1. The maximum absolute atomic E-state index is 5.93. The molecule has 2 nitrogen and oxygen atoms in total. The average Bonchev–Trinajstić information content (AvgIpc) is 2.36. The Labute approximate surface area is 122 Å². The lowest BCUT2D eigenvalue weighted by Crippen LogP contribution is -2.19. The third-order valence-electron chi connectivity index (χ3n) is 3.66. The van der Waals surface area contributed by atoms with Gasteiger partial charge in [0.15, 0.2) is 0 Å². The number of nitrogens with two attached hydrogens (primary N) is 1. The van der Waals surface area contributed by atoms with Gasteiger partial charge >= 0.3 is 0 Å². The zero-order valence-electron chi connectivity index (χ0n) is 11.6. The molecule has 0 saturated heterocycles. The lowest BCUT2D eigenvalue weighted by molar-refractivity contribution is 0.501. The minimum Gasteiger partial charge on any atom is -0.387 e. The van der Waals surface area contributed by atoms with Crippen molar-refractivity contribution < 1.29 is 0 Å². The van der Waals surface area contributed by atoms with Gasteiger partial charge in [-0.25, -0.2) is 0 Å². The Morgan fingerprint density at radius 1 is 1.11 bits per heavy atom. The van der Waals surface area contributed by atoms with Crippen molar-refractivity contribution in [3.05, 3.63) is 35.9 Å². The van der Waals surface area contributed by atoms with Gasteiger partial charge < -0.3 is 5.73 Å². The minimum atomic E-state index is 0. The quantitative estimate of drug-likeness (QED) is 0.885. The number of aryl methyl sites for hydroxylation is 1. The first-order valence-corrected chi connectivity index (χ1v) is 7.20. The van der Waals surface area contributed by atoms with Gasteiger partial charge in [0, 0.05) is 6.42 Å². The molecule has 1 aliphatic rings. The second-order valence-electron chi connectivity index (χ2n) is 5.25. The third kappa shape index (κ3) is 6.11. The van der Waals surface area contributed by atoms with Gasteiger partial charge in [0.1, 0.15) is 0 Å². The highest BCUT2D eigenvalue weighted by atomic mass is 35.5. The fourth-order valence-corrected chi connectivity index (χ4v) is 2.62. The molecule has 0 aliphatic carbocycles. The van der Waals surface area contributed by atoms with Crippen molar-refractivity contribution in [2.24, 2.45) is 10.7 Å². The van der Waals surface area contributed by atoms with E-state index in [0.29, 0.717) is 6.04 Å². The second-order valence-corrected chi connectivity index (χ2v) is 5.25. The van der Waals surface area contributed by atoms with E-state index in [1.54, 1.807) is 0 Å². The fourth-order valence-electron chi connectivity index (χ4n) is 2.62. The van der Waals surface area contributed by atoms with E-state index in [-0.39, 0.29) is 12.4 Å². The summed E-state index contributed by atoms with van der Waals surface area (Å²) in [6.07, 6.45) is 9.60. The van der Waals surface area contributed by atoms with Crippen LogP contribution < -0.4 is 5.73 Å². The summed E-state index contributed by atoms with van der Waals surface area (Å²) in [5, 5.41) is 0. The molecule has 0 aromatic heterocycles. The Kier molecular flexibility index (Phi) is 7.57. The number of halogens is 1. The van der Waals surface area contributed by atoms with Crippen LogP contribution in [0, 0.1) is 0 Å². The van der Waals surface area contributed by atoms with Crippen LogP contribution in [0.25, 0.3) is 0 Å². The van der Waals surface area contributed by atoms with Crippen LogP contribution in [0.3, 0.4) is 0 Å². The van der Waals surface area contributed by atoms with E-state index in [2.05, 4.69) is 35.3 Å². The summed E-state index contributed by atoms with van der Waals surface area (Å²) in [6.45, 7) is 0. The van der Waals surface area contributed by atoms with E-state index in [0.717, 1.165) is 18.7 Å². The first-order chi connectivity index (χ1) is 8.84. The molecule has 0 amide bonds. The molecule has 2 rings (SSSR count). The van der Waals surface area contributed by atoms with Crippen LogP contribution in [-0.2, 0) is 6.42 Å². The number of amidine groups is 1. The van der Waals surface area contributed by atoms with E-state index in [1.807, 2.05) is 0 Å². The highest BCUT2D eigenvalue weighted by molar-refractivity contribution is 5.85. The highest BCUT2D eigenvalue weighted by Gasteiger charge is 2.10. The van der Waals surface area contributed by atoms with Gasteiger partial charge in [-0.3, -0.25) is 4.99 Å². The van der Waals surface area contributed by atoms with E-state index in [1.165, 1.54) is 44.1 Å². The topological polar surface area (TPSA) is 38.4 Å². The van der Waals surface area contributed by atoms with Crippen LogP contribution in [-0.4, -0.2) is 11.9 Å². The lowest BCUT2D eigenvalue weighted by Gasteiger charge is -2.16. The molecule has 1 aromatic carbocycles. The molecule has 1 unspecified atom stereocenters. The van der Waals surface area contributed by atoms with Crippen LogP contribution in [0.5, 0.6) is 0 Å². The second kappa shape index (κ2) is 8.98. The van der Waals surface area contributed by atoms with Crippen LogP contribution >= 0.6 is 12.4 Å². The predicted octanol–water partition coefficient (Wildman–Crippen LogP) is 4.12. The summed E-state index contributed by atoms with van der Waals surface area (Å²) < 4.78 is 0. The van der Waals surface area contributed by atoms with E-state index in [9.17, 15) is 0 Å². The number of rotatable bonds is 4. The molecule has 3 heteroatoms. The number of hydrogen-bond donors (Lipinski definition) is 1. The van der Waals surface area contributed by atoms with E-state index >= 15 is 0 Å². The Morgan fingerprint density at radius 2 is 1.89 bits per heavy atom. The zero-order valence-corrected chi connectivity index (χ0v) is 12.4. The average molecular weight is 281 g/mol. The van der Waals surface area contributed by atoms with Crippen molar-refractivity contribution >= 4 is 18.2 Å². The monoisotopic (exact) mass is 280 g/mol. The standard InChI is InChI=1S/C16H24N2.ClH/c17-16-13-6-2-5-11-15(18-16)12-7-10-14-8-3-1-4-9-14;/h1,3-4,8-9,15H,2,5-7,10-13H2,(H2,17,18);1H. The van der Waals surface area contributed by atoms with Gasteiger partial charge in [-0.15, -0.1) is 12.4 Å². The van der Waals surface area contributed by atoms with Crippen LogP contribution in [0.15, 0.2) is 35.3 Å². The molecule has 0 fully saturated rings. The summed E-state index contributed by atoms with van der Waals surface area (Å²) >= 11 is 0. The molecule has 19 heavy (non-hydrogen) atoms. The van der Waals surface area contributed by atoms with Crippen molar-refractivity contribution in [3.8, 4) is 0 Å². The molecule has 0 bridgehead atoms. The maximum atomic E-state index is 5.93. The predicted molar refractivity (Wildman–Crippen MR) is 85.1 cm³/mol. The molecule has 1 atom stereocenters. The first-order valence-electron chi connectivity index (χ1n) is 7.20. The molecule has 1 aromatic rings. The van der Waals surface area contributed by atoms with Gasteiger partial charge in [0.05, 0.1) is 11.9 Å². The first kappa shape index (κ1) is 16.0. The van der Waals surface area contributed by atoms with Crippen molar-refractivity contribution in [2.75, 3.05) is 0 Å². The van der Waals surface area contributed by atoms with Gasteiger partial charge in [-0.2, -0.15) is 0 Å². The number of hydrogen-bond acceptors (Lipinski definition) is 2. The van der Waals surface area contributed by atoms with Crippen molar-refractivity contribution in [2.45, 2.75) is 57.4 Å². The largest absolute Gasteiger partial charge is 0.387 e. The molecular formula is C16H25ClN2. The zero-order chi connectivity index (χ0) is 12.6. The highest BCUT2D eigenvalue weighted by Crippen LogP contribution is 2.17. The van der Waals surface area contributed by atoms with E-state index in [4.69, 9.17) is 5.73 Å². The Hall–Kier alpha value is -1.02. The van der Waals surface area contributed by atoms with Crippen LogP contribution in [0.4, 0.5) is 0 Å². The summed E-state index contributed by atoms with van der Waals surface area (Å²) in [5.74, 6) is 0.874. The number of nitrogens with zero attached hydrogens (tertiary/aromatic N) is 1.